The van der Waals surface area contributed by atoms with Crippen molar-refractivity contribution in [3.8, 4) is 5.75 Å². The van der Waals surface area contributed by atoms with Crippen LogP contribution >= 0.6 is 0 Å². The number of nitrogens with one attached hydrogen (secondary N) is 2. The lowest BCUT2D eigenvalue weighted by Crippen LogP contribution is -2.41. The fourth-order valence-corrected chi connectivity index (χ4v) is 6.82. The Balaban J connectivity index is 1.24. The zero-order valence-electron chi connectivity index (χ0n) is 19.7. The molecule has 33 heavy (non-hydrogen) atoms. The predicted octanol–water partition coefficient (Wildman–Crippen LogP) is 4.97. The van der Waals surface area contributed by atoms with Crippen molar-refractivity contribution in [2.24, 2.45) is 11.8 Å². The average molecular weight is 471 g/mol. The van der Waals surface area contributed by atoms with Gasteiger partial charge in [0.1, 0.15) is 5.75 Å². The summed E-state index contributed by atoms with van der Waals surface area (Å²) in [6.07, 6.45) is 8.94. The highest BCUT2D eigenvalue weighted by Crippen LogP contribution is 2.37. The van der Waals surface area contributed by atoms with Crippen molar-refractivity contribution in [1.82, 2.24) is 10.0 Å². The normalized spacial score (nSPS) is 25.5. The van der Waals surface area contributed by atoms with Crippen molar-refractivity contribution < 1.29 is 13.5 Å². The largest absolute Gasteiger partial charge is 0.508 e. The van der Waals surface area contributed by atoms with Crippen LogP contribution in [0.3, 0.4) is 0 Å². The summed E-state index contributed by atoms with van der Waals surface area (Å²) in [5.41, 5.74) is 2.72. The maximum Gasteiger partial charge on any atom is 0.240 e. The van der Waals surface area contributed by atoms with Gasteiger partial charge < -0.3 is 10.4 Å². The molecule has 4 rings (SSSR count). The minimum absolute atomic E-state index is 0.341. The molecule has 2 aromatic rings. The van der Waals surface area contributed by atoms with Gasteiger partial charge in [-0.1, -0.05) is 37.6 Å². The second-order valence-corrected chi connectivity index (χ2v) is 11.7. The number of sulfonamides is 1. The van der Waals surface area contributed by atoms with Gasteiger partial charge in [-0.15, -0.1) is 0 Å². The third kappa shape index (κ3) is 6.17. The lowest BCUT2D eigenvalue weighted by molar-refractivity contribution is 0.250. The molecule has 5 nitrogen and oxygen atoms in total. The Labute approximate surface area is 199 Å². The first-order chi connectivity index (χ1) is 16.0. The Morgan fingerprint density at radius 2 is 1.64 bits per heavy atom. The van der Waals surface area contributed by atoms with Crippen LogP contribution in [0.5, 0.6) is 5.75 Å². The Bertz CT molecular complexity index is 1000. The quantitative estimate of drug-likeness (QED) is 0.484. The number of rotatable bonds is 9. The number of aryl methyl sites for hydroxylation is 1. The van der Waals surface area contributed by atoms with Gasteiger partial charge in [-0.2, -0.15) is 0 Å². The summed E-state index contributed by atoms with van der Waals surface area (Å²) >= 11 is 0. The third-order valence-electron chi connectivity index (χ3n) is 7.59. The Morgan fingerprint density at radius 1 is 0.939 bits per heavy atom. The summed E-state index contributed by atoms with van der Waals surface area (Å²) in [4.78, 5) is 0.341. The average Bonchev–Trinajstić information content (AvgIpc) is 2.83. The second-order valence-electron chi connectivity index (χ2n) is 9.88. The van der Waals surface area contributed by atoms with Crippen LogP contribution in [0.2, 0.25) is 0 Å². The molecule has 2 unspecified atom stereocenters. The highest BCUT2D eigenvalue weighted by atomic mass is 32.2. The first-order valence-corrected chi connectivity index (χ1v) is 14.0. The topological polar surface area (TPSA) is 78.4 Å². The van der Waals surface area contributed by atoms with Gasteiger partial charge in [0.15, 0.2) is 0 Å². The molecule has 6 heteroatoms. The fraction of sp³-hybridized carbons (Fsp3) is 0.556. The zero-order chi connectivity index (χ0) is 23.3. The number of aromatic hydroxyl groups is 1. The number of hydrogen-bond donors (Lipinski definition) is 3. The summed E-state index contributed by atoms with van der Waals surface area (Å²) in [5.74, 6) is 1.97. The molecule has 2 atom stereocenters. The van der Waals surface area contributed by atoms with Crippen molar-refractivity contribution in [3.05, 3.63) is 59.7 Å². The highest BCUT2D eigenvalue weighted by molar-refractivity contribution is 7.89. The maximum atomic E-state index is 12.5. The molecule has 0 amide bonds. The van der Waals surface area contributed by atoms with Gasteiger partial charge in [-0.25, -0.2) is 13.1 Å². The van der Waals surface area contributed by atoms with Crippen LogP contribution in [0.15, 0.2) is 53.4 Å². The standard InChI is InChI=1S/C27H38N2O3S/c1-2-6-26-25-15-14-23(30)17-22(25)13-16-27(26)28-18-20-9-11-21(12-10-20)19-29-33(31,32)24-7-4-3-5-8-24/h3-5,7-8,14-15,17,20-21,26-30H,2,6,9-13,16,18-19H2,1H3. The molecule has 0 aliphatic heterocycles. The van der Waals surface area contributed by atoms with Crippen LogP contribution in [0.25, 0.3) is 0 Å². The smallest absolute Gasteiger partial charge is 0.240 e. The monoisotopic (exact) mass is 470 g/mol. The van der Waals surface area contributed by atoms with Crippen molar-refractivity contribution in [2.45, 2.75) is 75.1 Å². The number of hydrogen-bond acceptors (Lipinski definition) is 4. The SMILES string of the molecule is CCCC1c2ccc(O)cc2CCC1NCC1CCC(CNS(=O)(=O)c2ccccc2)CC1. The van der Waals surface area contributed by atoms with E-state index in [1.54, 1.807) is 24.3 Å². The highest BCUT2D eigenvalue weighted by Gasteiger charge is 2.30. The van der Waals surface area contributed by atoms with Gasteiger partial charge in [0.25, 0.3) is 0 Å². The molecule has 0 spiro atoms. The van der Waals surface area contributed by atoms with Gasteiger partial charge in [-0.3, -0.25) is 0 Å². The van der Waals surface area contributed by atoms with Gasteiger partial charge in [0, 0.05) is 12.6 Å². The van der Waals surface area contributed by atoms with Crippen LogP contribution in [0, 0.1) is 11.8 Å². The van der Waals surface area contributed by atoms with Crippen molar-refractivity contribution in [3.63, 3.8) is 0 Å². The zero-order valence-corrected chi connectivity index (χ0v) is 20.5. The van der Waals surface area contributed by atoms with E-state index in [2.05, 4.69) is 23.0 Å². The lowest BCUT2D eigenvalue weighted by atomic mass is 9.76. The summed E-state index contributed by atoms with van der Waals surface area (Å²) in [7, 11) is -3.41. The Morgan fingerprint density at radius 3 is 2.33 bits per heavy atom. The predicted molar refractivity (Wildman–Crippen MR) is 133 cm³/mol. The van der Waals surface area contributed by atoms with Gasteiger partial charge in [0.2, 0.25) is 10.0 Å². The molecule has 180 valence electrons. The fourth-order valence-electron chi connectivity index (χ4n) is 5.68. The number of phenolic OH excluding ortho intramolecular Hbond substituents is 1. The van der Waals surface area contributed by atoms with E-state index in [0.717, 1.165) is 51.5 Å². The molecule has 2 aliphatic carbocycles. The van der Waals surface area contributed by atoms with Crippen LogP contribution in [0.4, 0.5) is 0 Å². The molecule has 0 aromatic heterocycles. The third-order valence-corrected chi connectivity index (χ3v) is 9.03. The van der Waals surface area contributed by atoms with Crippen molar-refractivity contribution in [2.75, 3.05) is 13.1 Å². The van der Waals surface area contributed by atoms with E-state index in [-0.39, 0.29) is 0 Å². The van der Waals surface area contributed by atoms with E-state index < -0.39 is 10.0 Å². The van der Waals surface area contributed by atoms with Gasteiger partial charge in [-0.05, 0) is 105 Å². The van der Waals surface area contributed by atoms with Crippen molar-refractivity contribution in [1.29, 1.82) is 0 Å². The van der Waals surface area contributed by atoms with Crippen molar-refractivity contribution >= 4 is 10.0 Å². The minimum Gasteiger partial charge on any atom is -0.508 e. The molecule has 2 aliphatic rings. The molecule has 0 heterocycles. The molecular weight excluding hydrogens is 432 g/mol. The minimum atomic E-state index is -3.41. The Hall–Kier alpha value is -1.89. The number of phenols is 1. The van der Waals surface area contributed by atoms with E-state index >= 15 is 0 Å². The first kappa shape index (κ1) is 24.2. The van der Waals surface area contributed by atoms with Gasteiger partial charge >= 0.3 is 0 Å². The van der Waals surface area contributed by atoms with E-state index in [1.807, 2.05) is 18.2 Å². The number of benzene rings is 2. The molecule has 2 aromatic carbocycles. The van der Waals surface area contributed by atoms with Crippen LogP contribution in [-0.4, -0.2) is 32.7 Å². The molecule has 1 saturated carbocycles. The van der Waals surface area contributed by atoms with Crippen LogP contribution < -0.4 is 10.0 Å². The molecule has 1 fully saturated rings. The second kappa shape index (κ2) is 11.0. The van der Waals surface area contributed by atoms with E-state index in [1.165, 1.54) is 17.5 Å². The summed E-state index contributed by atoms with van der Waals surface area (Å²) in [6.45, 7) is 3.82. The Kier molecular flexibility index (Phi) is 8.10. The molecule has 0 bridgehead atoms. The van der Waals surface area contributed by atoms with Gasteiger partial charge in [0.05, 0.1) is 4.90 Å². The molecule has 3 N–H and O–H groups in total. The maximum absolute atomic E-state index is 12.5. The first-order valence-electron chi connectivity index (χ1n) is 12.6. The molecule has 0 saturated heterocycles. The van der Waals surface area contributed by atoms with E-state index in [4.69, 9.17) is 0 Å². The van der Waals surface area contributed by atoms with E-state index in [9.17, 15) is 13.5 Å². The van der Waals surface area contributed by atoms with Crippen LogP contribution in [-0.2, 0) is 16.4 Å². The summed E-state index contributed by atoms with van der Waals surface area (Å²) in [5, 5.41) is 13.8. The van der Waals surface area contributed by atoms with E-state index in [0.29, 0.717) is 41.0 Å². The lowest BCUT2D eigenvalue weighted by Gasteiger charge is -2.36. The molecular formula is C27H38N2O3S. The van der Waals surface area contributed by atoms with Crippen LogP contribution in [0.1, 0.15) is 68.9 Å². The molecule has 0 radical (unpaired) electrons. The summed E-state index contributed by atoms with van der Waals surface area (Å²) in [6, 6.07) is 15.0. The number of fused-ring (bicyclic) bond motifs is 1. The summed E-state index contributed by atoms with van der Waals surface area (Å²) < 4.78 is 27.8.